The molecule has 5 atom stereocenters. The fourth-order valence-electron chi connectivity index (χ4n) is 7.59. The first-order chi connectivity index (χ1) is 25.9. The number of fused-ring (bicyclic) bond motifs is 1. The van der Waals surface area contributed by atoms with E-state index in [2.05, 4.69) is 44.1 Å². The number of amides is 3. The van der Waals surface area contributed by atoms with Gasteiger partial charge in [-0.25, -0.2) is 14.8 Å². The highest BCUT2D eigenvalue weighted by molar-refractivity contribution is 6.48. The number of rotatable bonds is 14. The molecule has 13 nitrogen and oxygen atoms in total. The molecule has 1 radical (unpaired) electrons. The number of carbonyl (C=O) groups is 4. The predicted octanol–water partition coefficient (Wildman–Crippen LogP) is 5.81. The first kappa shape index (κ1) is 42.1. The topological polar surface area (TPSA) is 144 Å². The van der Waals surface area contributed by atoms with Gasteiger partial charge in [-0.1, -0.05) is 64.4 Å². The molecule has 301 valence electrons. The molecule has 3 heterocycles. The number of benzene rings is 1. The van der Waals surface area contributed by atoms with Crippen LogP contribution in [-0.4, -0.2) is 116 Å². The monoisotopic (exact) mass is 777 g/mol. The number of nitrogens with zero attached hydrogens (tertiary/aromatic N) is 5. The lowest BCUT2D eigenvalue weighted by Gasteiger charge is -2.36. The smallest absolute Gasteiger partial charge is 0.409 e. The predicted molar refractivity (Wildman–Crippen MR) is 213 cm³/mol. The highest BCUT2D eigenvalue weighted by Gasteiger charge is 2.61. The fraction of sp³-hybridized carbons (Fsp3) is 0.659. The molecule has 3 fully saturated rings. The van der Waals surface area contributed by atoms with Gasteiger partial charge in [0.25, 0.3) is 5.91 Å². The number of hydrogen-bond donors (Lipinski definition) is 1. The van der Waals surface area contributed by atoms with Crippen LogP contribution in [0.1, 0.15) is 84.6 Å². The minimum Gasteiger partial charge on any atom is -0.460 e. The van der Waals surface area contributed by atoms with Gasteiger partial charge < -0.3 is 33.9 Å². The van der Waals surface area contributed by atoms with Crippen LogP contribution in [0.5, 0.6) is 0 Å². The van der Waals surface area contributed by atoms with Gasteiger partial charge in [-0.05, 0) is 69.9 Å². The molecule has 14 heteroatoms. The van der Waals surface area contributed by atoms with E-state index < -0.39 is 38.7 Å². The summed E-state index contributed by atoms with van der Waals surface area (Å²) in [6, 6.07) is 10.2. The van der Waals surface area contributed by atoms with Gasteiger partial charge in [0.1, 0.15) is 23.2 Å². The van der Waals surface area contributed by atoms with E-state index in [4.69, 9.17) is 23.9 Å². The number of piperidine rings is 1. The third-order valence-corrected chi connectivity index (χ3v) is 11.1. The summed E-state index contributed by atoms with van der Waals surface area (Å²) in [5.74, 6) is 1.18. The van der Waals surface area contributed by atoms with E-state index in [1.165, 1.54) is 0 Å². The second kappa shape index (κ2) is 17.8. The van der Waals surface area contributed by atoms with Gasteiger partial charge in [-0.2, -0.15) is 0 Å². The quantitative estimate of drug-likeness (QED) is 0.142. The zero-order chi connectivity index (χ0) is 40.1. The molecule has 1 N–H and O–H groups in total. The van der Waals surface area contributed by atoms with Crippen molar-refractivity contribution in [3.8, 4) is 11.4 Å². The van der Waals surface area contributed by atoms with Crippen LogP contribution < -0.4 is 10.2 Å². The second-order valence-electron chi connectivity index (χ2n) is 17.4. The molecule has 1 aromatic heterocycles. The van der Waals surface area contributed by atoms with Crippen LogP contribution in [0.25, 0.3) is 11.4 Å². The maximum atomic E-state index is 14.2. The van der Waals surface area contributed by atoms with Gasteiger partial charge in [-0.15, -0.1) is 0 Å². The molecule has 3 amide bonds. The van der Waals surface area contributed by atoms with Gasteiger partial charge >= 0.3 is 12.1 Å². The Morgan fingerprint density at radius 3 is 2.15 bits per heavy atom. The zero-order valence-corrected chi connectivity index (χ0v) is 35.2. The lowest BCUT2D eigenvalue weighted by molar-refractivity contribution is -0.155. The van der Waals surface area contributed by atoms with Gasteiger partial charge in [0.15, 0.2) is 5.82 Å². The van der Waals surface area contributed by atoms with Gasteiger partial charge in [0, 0.05) is 57.3 Å². The van der Waals surface area contributed by atoms with Gasteiger partial charge in [-0.3, -0.25) is 14.4 Å². The lowest BCUT2D eigenvalue weighted by atomic mass is 9.85. The van der Waals surface area contributed by atoms with Crippen molar-refractivity contribution in [2.45, 2.75) is 105 Å². The van der Waals surface area contributed by atoms with E-state index in [0.29, 0.717) is 49.1 Å². The van der Waals surface area contributed by atoms with Crippen molar-refractivity contribution >= 4 is 38.7 Å². The molecular formula is C41H61N6O7Si. The maximum absolute atomic E-state index is 14.2. The van der Waals surface area contributed by atoms with Crippen molar-refractivity contribution in [3.63, 3.8) is 0 Å². The molecule has 1 aliphatic carbocycles. The Morgan fingerprint density at radius 2 is 1.56 bits per heavy atom. The Hall–Kier alpha value is -4.04. The number of carbonyl (C=O) groups excluding carboxylic acids is 4. The number of aromatic nitrogens is 2. The van der Waals surface area contributed by atoms with Crippen molar-refractivity contribution < 1.29 is 33.1 Å². The minimum absolute atomic E-state index is 0.0353. The van der Waals surface area contributed by atoms with E-state index >= 15 is 0 Å². The Kier molecular flexibility index (Phi) is 13.6. The van der Waals surface area contributed by atoms with Gasteiger partial charge in [0.2, 0.25) is 14.9 Å². The largest absolute Gasteiger partial charge is 0.460 e. The molecule has 0 bridgehead atoms. The Bertz CT molecular complexity index is 1640. The van der Waals surface area contributed by atoms with Crippen LogP contribution in [0.4, 0.5) is 10.6 Å². The number of nitrogens with one attached hydrogen (secondary N) is 1. The molecule has 0 spiro atoms. The second-order valence-corrected chi connectivity index (χ2v) is 19.4. The highest BCUT2D eigenvalue weighted by atomic mass is 28.3. The molecule has 1 aromatic carbocycles. The van der Waals surface area contributed by atoms with E-state index in [0.717, 1.165) is 31.5 Å². The molecule has 2 saturated heterocycles. The van der Waals surface area contributed by atoms with Crippen molar-refractivity contribution in [1.82, 2.24) is 25.1 Å². The minimum atomic E-state index is -1.03. The summed E-state index contributed by atoms with van der Waals surface area (Å²) in [5, 5.41) is 2.92. The molecule has 55 heavy (non-hydrogen) atoms. The molecular weight excluding hydrogens is 717 g/mol. The van der Waals surface area contributed by atoms with Crippen molar-refractivity contribution in [2.24, 2.45) is 23.2 Å². The van der Waals surface area contributed by atoms with Crippen LogP contribution >= 0.6 is 0 Å². The SMILES string of the molecule is CCCCOC(=O)N1CCN(C(=O)[C@H](CCC(=O)OC(C)(C)C)NC(=O)c2cc(N3C[C@@H]4C(C(O[Si](C)C)C(C)(C)C)[C@@H]4C3)nc(-c3ccccc3)n2)CC1. The fourth-order valence-corrected chi connectivity index (χ4v) is 8.61. The normalized spacial score (nSPS) is 20.8. The summed E-state index contributed by atoms with van der Waals surface area (Å²) in [6.45, 7) is 21.7. The molecule has 5 rings (SSSR count). The summed E-state index contributed by atoms with van der Waals surface area (Å²) in [5.41, 5.74) is 0.245. The van der Waals surface area contributed by atoms with Crippen LogP contribution in [0.2, 0.25) is 13.1 Å². The maximum Gasteiger partial charge on any atom is 0.409 e. The van der Waals surface area contributed by atoms with Crippen molar-refractivity contribution in [3.05, 3.63) is 42.1 Å². The average molecular weight is 778 g/mol. The van der Waals surface area contributed by atoms with Crippen LogP contribution in [0.3, 0.4) is 0 Å². The Labute approximate surface area is 328 Å². The third kappa shape index (κ3) is 11.3. The van der Waals surface area contributed by atoms with E-state index in [1.54, 1.807) is 36.6 Å². The molecule has 2 aromatic rings. The molecule has 2 aliphatic heterocycles. The summed E-state index contributed by atoms with van der Waals surface area (Å²) in [7, 11) is -0.869. The van der Waals surface area contributed by atoms with E-state index in [-0.39, 0.29) is 49.1 Å². The average Bonchev–Trinajstić information content (AvgIpc) is 3.60. The Morgan fingerprint density at radius 1 is 0.927 bits per heavy atom. The first-order valence-corrected chi connectivity index (χ1v) is 22.3. The van der Waals surface area contributed by atoms with Crippen LogP contribution in [-0.2, 0) is 23.5 Å². The van der Waals surface area contributed by atoms with Crippen LogP contribution in [0.15, 0.2) is 36.4 Å². The zero-order valence-electron chi connectivity index (χ0n) is 34.2. The first-order valence-electron chi connectivity index (χ1n) is 19.8. The summed E-state index contributed by atoms with van der Waals surface area (Å²) >= 11 is 0. The molecule has 1 saturated carbocycles. The Balaban J connectivity index is 1.34. The summed E-state index contributed by atoms with van der Waals surface area (Å²) in [6.07, 6.45) is 1.47. The highest BCUT2D eigenvalue weighted by Crippen LogP contribution is 2.57. The number of hydrogen-bond acceptors (Lipinski definition) is 10. The van der Waals surface area contributed by atoms with Crippen LogP contribution in [0, 0.1) is 23.2 Å². The standard InChI is InChI=1S/C41H61N6O7Si/c1-10-11-23-52-39(51)46-21-19-45(20-22-46)38(50)30(17-18-33(48)53-41(5,6)7)43-37(49)31-24-32(44-36(42-31)27-15-13-12-14-16-27)47-25-28-29(26-47)34(28)35(40(2,3)4)54-55(8)9/h12-16,24,28-30,34-35H,10-11,17-23,25-26H2,1-9H3,(H,43,49)/t28-,29+,30-,34?,35?/m0/s1. The number of ether oxygens (including phenoxy) is 2. The van der Waals surface area contributed by atoms with Gasteiger partial charge in [0.05, 0.1) is 12.7 Å². The number of piperazine rings is 1. The van der Waals surface area contributed by atoms with Crippen molar-refractivity contribution in [1.29, 1.82) is 0 Å². The summed E-state index contributed by atoms with van der Waals surface area (Å²) < 4.78 is 17.4. The number of unbranched alkanes of at least 4 members (excludes halogenated alkanes) is 1. The van der Waals surface area contributed by atoms with E-state index in [1.807, 2.05) is 37.3 Å². The lowest BCUT2D eigenvalue weighted by Crippen LogP contribution is -2.56. The van der Waals surface area contributed by atoms with E-state index in [9.17, 15) is 19.2 Å². The number of anilines is 1. The third-order valence-electron chi connectivity index (χ3n) is 10.4. The molecule has 3 aliphatic rings. The van der Waals surface area contributed by atoms with Crippen molar-refractivity contribution in [2.75, 3.05) is 50.8 Å². The summed E-state index contributed by atoms with van der Waals surface area (Å²) in [4.78, 5) is 68.7. The number of esters is 1. The molecule has 2 unspecified atom stereocenters.